The maximum atomic E-state index is 9.67. The fourth-order valence-corrected chi connectivity index (χ4v) is 7.82. The summed E-state index contributed by atoms with van der Waals surface area (Å²) in [6, 6.07) is 2.65. The third-order valence-corrected chi connectivity index (χ3v) is 8.95. The molecule has 2 heteroatoms. The van der Waals surface area contributed by atoms with E-state index in [0.29, 0.717) is 11.5 Å². The van der Waals surface area contributed by atoms with E-state index in [4.69, 9.17) is 4.74 Å². The number of hydrogen-bond donors (Lipinski definition) is 0. The van der Waals surface area contributed by atoms with Crippen molar-refractivity contribution in [2.45, 2.75) is 77.7 Å². The highest BCUT2D eigenvalue weighted by molar-refractivity contribution is 5.14. The summed E-state index contributed by atoms with van der Waals surface area (Å²) in [5.74, 6) is 3.48. The molecule has 4 fully saturated rings. The van der Waals surface area contributed by atoms with Gasteiger partial charge in [0.2, 0.25) is 0 Å². The van der Waals surface area contributed by atoms with Crippen LogP contribution in [-0.4, -0.2) is 13.2 Å². The topological polar surface area (TPSA) is 33.0 Å². The quantitative estimate of drug-likeness (QED) is 0.667. The summed E-state index contributed by atoms with van der Waals surface area (Å²) in [6.45, 7) is 5.01. The van der Waals surface area contributed by atoms with Crippen LogP contribution in [0.3, 0.4) is 0 Å². The van der Waals surface area contributed by atoms with E-state index in [2.05, 4.69) is 19.9 Å². The smallest absolute Gasteiger partial charge is 0.0661 e. The van der Waals surface area contributed by atoms with E-state index in [1.165, 1.54) is 44.9 Å². The Kier molecular flexibility index (Phi) is 3.80. The minimum atomic E-state index is 0.203. The summed E-state index contributed by atoms with van der Waals surface area (Å²) in [4.78, 5) is 0. The third kappa shape index (κ3) is 2.08. The van der Waals surface area contributed by atoms with Crippen molar-refractivity contribution in [1.29, 1.82) is 5.26 Å². The molecule has 4 rings (SSSR count). The van der Waals surface area contributed by atoms with Gasteiger partial charge in [0, 0.05) is 7.11 Å². The molecule has 0 heterocycles. The second-order valence-electron chi connectivity index (χ2n) is 9.57. The average molecular weight is 316 g/mol. The molecule has 2 nitrogen and oxygen atoms in total. The lowest BCUT2D eigenvalue weighted by Gasteiger charge is -2.62. The molecule has 0 aromatic rings. The Morgan fingerprint density at radius 2 is 1.83 bits per heavy atom. The Balaban J connectivity index is 1.72. The van der Waals surface area contributed by atoms with Gasteiger partial charge in [0.15, 0.2) is 0 Å². The number of rotatable bonds is 1. The predicted molar refractivity (Wildman–Crippen MR) is 91.6 cm³/mol. The van der Waals surface area contributed by atoms with Crippen LogP contribution in [0.1, 0.15) is 71.6 Å². The monoisotopic (exact) mass is 315 g/mol. The van der Waals surface area contributed by atoms with Crippen LogP contribution in [0.4, 0.5) is 0 Å². The van der Waals surface area contributed by atoms with Crippen molar-refractivity contribution in [3.8, 4) is 6.07 Å². The fraction of sp³-hybridized carbons (Fsp3) is 0.952. The van der Waals surface area contributed by atoms with Crippen LogP contribution in [0, 0.1) is 51.8 Å². The highest BCUT2D eigenvalue weighted by Gasteiger charge is 2.63. The van der Waals surface area contributed by atoms with E-state index in [0.717, 1.165) is 36.5 Å². The summed E-state index contributed by atoms with van der Waals surface area (Å²) in [5.41, 5.74) is 0.697. The molecule has 8 atom stereocenters. The van der Waals surface area contributed by atoms with E-state index in [1.54, 1.807) is 0 Å². The zero-order valence-electron chi connectivity index (χ0n) is 15.2. The zero-order valence-corrected chi connectivity index (χ0v) is 15.2. The van der Waals surface area contributed by atoms with Gasteiger partial charge in [-0.05, 0) is 79.4 Å². The van der Waals surface area contributed by atoms with Crippen LogP contribution in [-0.2, 0) is 4.74 Å². The van der Waals surface area contributed by atoms with Crippen molar-refractivity contribution in [3.63, 3.8) is 0 Å². The molecule has 4 saturated carbocycles. The molecule has 4 aliphatic carbocycles. The molecular weight excluding hydrogens is 282 g/mol. The van der Waals surface area contributed by atoms with Gasteiger partial charge in [0.25, 0.3) is 0 Å². The predicted octanol–water partition coefficient (Wildman–Crippen LogP) is 5.18. The number of nitrogens with zero attached hydrogens (tertiary/aromatic N) is 1. The van der Waals surface area contributed by atoms with Gasteiger partial charge in [-0.25, -0.2) is 0 Å². The van der Waals surface area contributed by atoms with Crippen LogP contribution in [0.25, 0.3) is 0 Å². The number of fused-ring (bicyclic) bond motifs is 5. The number of methoxy groups -OCH3 is 1. The first-order valence-electron chi connectivity index (χ1n) is 9.97. The van der Waals surface area contributed by atoms with Crippen LogP contribution in [0.5, 0.6) is 0 Å². The SMILES string of the molecule is CO[C@H]1CC2(C)C(C#N)CCC2C2CCC3CCCCC3(C)C21. The van der Waals surface area contributed by atoms with E-state index < -0.39 is 0 Å². The molecule has 0 saturated heterocycles. The average Bonchev–Trinajstić information content (AvgIpc) is 2.89. The maximum Gasteiger partial charge on any atom is 0.0661 e. The molecule has 0 radical (unpaired) electrons. The first-order valence-corrected chi connectivity index (χ1v) is 9.97. The molecule has 0 aromatic carbocycles. The lowest BCUT2D eigenvalue weighted by Crippen LogP contribution is -2.58. The summed E-state index contributed by atoms with van der Waals surface area (Å²) in [6.07, 6.45) is 12.4. The van der Waals surface area contributed by atoms with Crippen molar-refractivity contribution in [1.82, 2.24) is 0 Å². The van der Waals surface area contributed by atoms with Crippen molar-refractivity contribution in [3.05, 3.63) is 0 Å². The summed E-state index contributed by atoms with van der Waals surface area (Å²) >= 11 is 0. The molecule has 7 unspecified atom stereocenters. The number of hydrogen-bond acceptors (Lipinski definition) is 2. The summed E-state index contributed by atoms with van der Waals surface area (Å²) < 4.78 is 6.13. The van der Waals surface area contributed by atoms with E-state index in [1.807, 2.05) is 7.11 Å². The molecule has 0 N–H and O–H groups in total. The van der Waals surface area contributed by atoms with Crippen LogP contribution < -0.4 is 0 Å². The zero-order chi connectivity index (χ0) is 16.2. The second-order valence-corrected chi connectivity index (χ2v) is 9.57. The molecule has 0 aromatic heterocycles. The van der Waals surface area contributed by atoms with E-state index in [-0.39, 0.29) is 11.3 Å². The van der Waals surface area contributed by atoms with Crippen molar-refractivity contribution in [2.75, 3.05) is 7.11 Å². The molecule has 23 heavy (non-hydrogen) atoms. The van der Waals surface area contributed by atoms with Gasteiger partial charge in [-0.15, -0.1) is 0 Å². The fourth-order valence-electron chi connectivity index (χ4n) is 7.82. The first-order chi connectivity index (χ1) is 11.0. The Morgan fingerprint density at radius 3 is 2.57 bits per heavy atom. The molecule has 0 bridgehead atoms. The van der Waals surface area contributed by atoms with Crippen molar-refractivity contribution >= 4 is 0 Å². The molecule has 4 aliphatic rings. The molecule has 0 amide bonds. The van der Waals surface area contributed by atoms with Crippen LogP contribution >= 0.6 is 0 Å². The Morgan fingerprint density at radius 1 is 1.00 bits per heavy atom. The number of ether oxygens (including phenoxy) is 1. The summed E-state index contributed by atoms with van der Waals surface area (Å²) in [7, 11) is 1.93. The lowest BCUT2D eigenvalue weighted by atomic mass is 9.44. The standard InChI is InChI=1S/C21H33NO/c1-20-11-5-4-6-14(20)7-9-16-17-10-8-15(13-22)21(17,2)12-18(23-3)19(16)20/h14-19H,4-12H2,1-3H3/t14?,15?,16?,17?,18-,19?,20?,21?/m0/s1. The number of nitriles is 1. The summed E-state index contributed by atoms with van der Waals surface area (Å²) in [5, 5.41) is 9.67. The molecule has 0 spiro atoms. The van der Waals surface area contributed by atoms with Gasteiger partial charge >= 0.3 is 0 Å². The van der Waals surface area contributed by atoms with Gasteiger partial charge in [-0.1, -0.05) is 26.7 Å². The van der Waals surface area contributed by atoms with Gasteiger partial charge in [0.05, 0.1) is 18.1 Å². The van der Waals surface area contributed by atoms with Crippen molar-refractivity contribution < 1.29 is 4.74 Å². The van der Waals surface area contributed by atoms with Gasteiger partial charge in [-0.3, -0.25) is 0 Å². The minimum Gasteiger partial charge on any atom is -0.381 e. The largest absolute Gasteiger partial charge is 0.381 e. The molecule has 0 aliphatic heterocycles. The van der Waals surface area contributed by atoms with E-state index in [9.17, 15) is 5.26 Å². The minimum absolute atomic E-state index is 0.203. The Bertz CT molecular complexity index is 510. The normalized spacial score (nSPS) is 55.4. The van der Waals surface area contributed by atoms with Gasteiger partial charge in [0.1, 0.15) is 0 Å². The van der Waals surface area contributed by atoms with Gasteiger partial charge < -0.3 is 4.74 Å². The second kappa shape index (κ2) is 5.48. The van der Waals surface area contributed by atoms with E-state index >= 15 is 0 Å². The lowest BCUT2D eigenvalue weighted by molar-refractivity contribution is -0.175. The van der Waals surface area contributed by atoms with Crippen LogP contribution in [0.2, 0.25) is 0 Å². The van der Waals surface area contributed by atoms with Crippen LogP contribution in [0.15, 0.2) is 0 Å². The maximum absolute atomic E-state index is 9.67. The first kappa shape index (κ1) is 15.9. The molecule has 128 valence electrons. The Labute approximate surface area is 142 Å². The molecular formula is C21H33NO. The van der Waals surface area contributed by atoms with Crippen molar-refractivity contribution in [2.24, 2.45) is 40.4 Å². The highest BCUT2D eigenvalue weighted by Crippen LogP contribution is 2.67. The van der Waals surface area contributed by atoms with Gasteiger partial charge in [-0.2, -0.15) is 5.26 Å². The highest BCUT2D eigenvalue weighted by atomic mass is 16.5. The Hall–Kier alpha value is -0.550. The third-order valence-electron chi connectivity index (χ3n) is 8.95.